The molecule has 0 heterocycles. The Morgan fingerprint density at radius 3 is 2.64 bits per heavy atom. The molecule has 1 N–H and O–H groups in total. The van der Waals surface area contributed by atoms with Crippen molar-refractivity contribution >= 4 is 35.0 Å². The van der Waals surface area contributed by atoms with Crippen LogP contribution in [0.15, 0.2) is 48.5 Å². The van der Waals surface area contributed by atoms with E-state index in [4.69, 9.17) is 11.6 Å². The Morgan fingerprint density at radius 2 is 1.95 bits per heavy atom. The average Bonchev–Trinajstić information content (AvgIpc) is 2.52. The van der Waals surface area contributed by atoms with Crippen molar-refractivity contribution in [1.29, 1.82) is 0 Å². The summed E-state index contributed by atoms with van der Waals surface area (Å²) in [6.45, 7) is 4.00. The van der Waals surface area contributed by atoms with Crippen molar-refractivity contribution in [3.05, 3.63) is 64.7 Å². The lowest BCUT2D eigenvalue weighted by Gasteiger charge is -2.16. The predicted octanol–water partition coefficient (Wildman–Crippen LogP) is 5.30. The first-order chi connectivity index (χ1) is 10.6. The highest BCUT2D eigenvalue weighted by molar-refractivity contribution is 7.99. The molecule has 22 heavy (non-hydrogen) atoms. The molecule has 116 valence electrons. The number of carbonyl (C=O) groups excluding carboxylic acids is 1. The maximum absolute atomic E-state index is 12.5. The van der Waals surface area contributed by atoms with Crippen LogP contribution >= 0.6 is 23.4 Å². The fourth-order valence-corrected chi connectivity index (χ4v) is 3.30. The Labute approximate surface area is 141 Å². The van der Waals surface area contributed by atoms with E-state index in [1.54, 1.807) is 17.8 Å². The number of aryl methyl sites for hydroxylation is 1. The largest absolute Gasteiger partial charge is 0.325 e. The van der Waals surface area contributed by atoms with Gasteiger partial charge in [-0.3, -0.25) is 4.79 Å². The first kappa shape index (κ1) is 16.9. The van der Waals surface area contributed by atoms with Crippen LogP contribution < -0.4 is 5.32 Å². The molecular formula is C18H20ClNOS. The number of amides is 1. The minimum absolute atomic E-state index is 0.0359. The Bertz CT molecular complexity index is 630. The third-order valence-corrected chi connectivity index (χ3v) is 5.10. The molecule has 0 aliphatic heterocycles. The van der Waals surface area contributed by atoms with Gasteiger partial charge in [-0.25, -0.2) is 0 Å². The third-order valence-electron chi connectivity index (χ3n) is 3.41. The SMILES string of the molecule is CCC(SCc1ccccc1)C(=O)Nc1cc(Cl)ccc1C. The topological polar surface area (TPSA) is 29.1 Å². The van der Waals surface area contributed by atoms with Gasteiger partial charge in [-0.2, -0.15) is 0 Å². The lowest BCUT2D eigenvalue weighted by Crippen LogP contribution is -2.25. The highest BCUT2D eigenvalue weighted by atomic mass is 35.5. The zero-order chi connectivity index (χ0) is 15.9. The van der Waals surface area contributed by atoms with E-state index < -0.39 is 0 Å². The molecule has 0 radical (unpaired) electrons. The number of anilines is 1. The second-order valence-electron chi connectivity index (χ2n) is 5.14. The number of hydrogen-bond donors (Lipinski definition) is 1. The first-order valence-corrected chi connectivity index (χ1v) is 8.75. The lowest BCUT2D eigenvalue weighted by molar-refractivity contribution is -0.115. The van der Waals surface area contributed by atoms with Crippen molar-refractivity contribution in [2.45, 2.75) is 31.3 Å². The number of hydrogen-bond acceptors (Lipinski definition) is 2. The van der Waals surface area contributed by atoms with Crippen LogP contribution in [0, 0.1) is 6.92 Å². The molecule has 2 rings (SSSR count). The molecule has 2 nitrogen and oxygen atoms in total. The van der Waals surface area contributed by atoms with E-state index in [-0.39, 0.29) is 11.2 Å². The summed E-state index contributed by atoms with van der Waals surface area (Å²) in [4.78, 5) is 12.5. The molecule has 1 atom stereocenters. The van der Waals surface area contributed by atoms with Crippen LogP contribution in [0.25, 0.3) is 0 Å². The fourth-order valence-electron chi connectivity index (χ4n) is 2.09. The van der Waals surface area contributed by atoms with E-state index in [2.05, 4.69) is 17.4 Å². The molecule has 0 spiro atoms. The molecule has 0 saturated carbocycles. The molecular weight excluding hydrogens is 314 g/mol. The van der Waals surface area contributed by atoms with Gasteiger partial charge in [-0.15, -0.1) is 11.8 Å². The highest BCUT2D eigenvalue weighted by Gasteiger charge is 2.17. The quantitative estimate of drug-likeness (QED) is 0.777. The molecule has 0 saturated heterocycles. The lowest BCUT2D eigenvalue weighted by atomic mass is 10.2. The maximum Gasteiger partial charge on any atom is 0.237 e. The van der Waals surface area contributed by atoms with Crippen LogP contribution in [0.3, 0.4) is 0 Å². The van der Waals surface area contributed by atoms with Gasteiger partial charge in [0.15, 0.2) is 0 Å². The van der Waals surface area contributed by atoms with Crippen LogP contribution in [0.5, 0.6) is 0 Å². The molecule has 1 unspecified atom stereocenters. The summed E-state index contributed by atoms with van der Waals surface area (Å²) < 4.78 is 0. The zero-order valence-corrected chi connectivity index (χ0v) is 14.4. The van der Waals surface area contributed by atoms with E-state index in [0.29, 0.717) is 5.02 Å². The fraction of sp³-hybridized carbons (Fsp3) is 0.278. The van der Waals surface area contributed by atoms with Gasteiger partial charge in [0.2, 0.25) is 5.91 Å². The maximum atomic E-state index is 12.5. The van der Waals surface area contributed by atoms with Crippen molar-refractivity contribution < 1.29 is 4.79 Å². The molecule has 0 aromatic heterocycles. The number of thioether (sulfide) groups is 1. The van der Waals surface area contributed by atoms with Crippen LogP contribution in [0.2, 0.25) is 5.02 Å². The minimum Gasteiger partial charge on any atom is -0.325 e. The molecule has 1 amide bonds. The molecule has 2 aromatic rings. The molecule has 0 bridgehead atoms. The number of nitrogens with one attached hydrogen (secondary N) is 1. The van der Waals surface area contributed by atoms with Crippen molar-refractivity contribution in [3.8, 4) is 0 Å². The van der Waals surface area contributed by atoms with E-state index in [1.165, 1.54) is 5.56 Å². The van der Waals surface area contributed by atoms with E-state index in [9.17, 15) is 4.79 Å². The summed E-state index contributed by atoms with van der Waals surface area (Å²) in [6.07, 6.45) is 0.795. The smallest absolute Gasteiger partial charge is 0.237 e. The number of rotatable bonds is 6. The van der Waals surface area contributed by atoms with Crippen molar-refractivity contribution in [2.24, 2.45) is 0 Å². The van der Waals surface area contributed by atoms with E-state index >= 15 is 0 Å². The second-order valence-corrected chi connectivity index (χ2v) is 6.77. The Morgan fingerprint density at radius 1 is 1.23 bits per heavy atom. The Hall–Kier alpha value is -1.45. The summed E-state index contributed by atoms with van der Waals surface area (Å²) in [5, 5.41) is 3.55. The summed E-state index contributed by atoms with van der Waals surface area (Å²) in [5.74, 6) is 0.871. The van der Waals surface area contributed by atoms with Crippen molar-refractivity contribution in [2.75, 3.05) is 5.32 Å². The van der Waals surface area contributed by atoms with Gasteiger partial charge in [-0.05, 0) is 36.6 Å². The molecule has 0 aliphatic rings. The number of benzene rings is 2. The normalized spacial score (nSPS) is 12.0. The van der Waals surface area contributed by atoms with Gasteiger partial charge in [0.05, 0.1) is 5.25 Å². The molecule has 0 aliphatic carbocycles. The van der Waals surface area contributed by atoms with Crippen LogP contribution in [-0.2, 0) is 10.5 Å². The van der Waals surface area contributed by atoms with Crippen LogP contribution in [0.1, 0.15) is 24.5 Å². The third kappa shape index (κ3) is 4.79. The highest BCUT2D eigenvalue weighted by Crippen LogP contribution is 2.24. The van der Waals surface area contributed by atoms with Gasteiger partial charge in [-0.1, -0.05) is 54.9 Å². The van der Waals surface area contributed by atoms with E-state index in [0.717, 1.165) is 23.4 Å². The van der Waals surface area contributed by atoms with Crippen LogP contribution in [-0.4, -0.2) is 11.2 Å². The Kier molecular flexibility index (Phi) is 6.34. The number of halogens is 1. The average molecular weight is 334 g/mol. The van der Waals surface area contributed by atoms with Gasteiger partial charge in [0.1, 0.15) is 0 Å². The molecule has 0 fully saturated rings. The van der Waals surface area contributed by atoms with Crippen LogP contribution in [0.4, 0.5) is 5.69 Å². The summed E-state index contributed by atoms with van der Waals surface area (Å²) >= 11 is 7.67. The van der Waals surface area contributed by atoms with Crippen molar-refractivity contribution in [3.63, 3.8) is 0 Å². The van der Waals surface area contributed by atoms with Gasteiger partial charge < -0.3 is 5.32 Å². The predicted molar refractivity (Wildman–Crippen MR) is 96.6 cm³/mol. The Balaban J connectivity index is 1.98. The minimum atomic E-state index is -0.0708. The number of carbonyl (C=O) groups is 1. The van der Waals surface area contributed by atoms with Gasteiger partial charge in [0, 0.05) is 16.5 Å². The first-order valence-electron chi connectivity index (χ1n) is 7.32. The summed E-state index contributed by atoms with van der Waals surface area (Å²) in [6, 6.07) is 15.7. The van der Waals surface area contributed by atoms with Crippen molar-refractivity contribution in [1.82, 2.24) is 0 Å². The zero-order valence-electron chi connectivity index (χ0n) is 12.8. The summed E-state index contributed by atoms with van der Waals surface area (Å²) in [7, 11) is 0. The second kappa shape index (κ2) is 8.25. The monoisotopic (exact) mass is 333 g/mol. The van der Waals surface area contributed by atoms with Gasteiger partial charge in [0.25, 0.3) is 0 Å². The molecule has 2 aromatic carbocycles. The molecule has 4 heteroatoms. The summed E-state index contributed by atoms with van der Waals surface area (Å²) in [5.41, 5.74) is 3.04. The van der Waals surface area contributed by atoms with E-state index in [1.807, 2.05) is 44.2 Å². The van der Waals surface area contributed by atoms with Gasteiger partial charge >= 0.3 is 0 Å². The standard InChI is InChI=1S/C18H20ClNOS/c1-3-17(22-12-14-7-5-4-6-8-14)18(21)20-16-11-15(19)10-9-13(16)2/h4-11,17H,3,12H2,1-2H3,(H,20,21).